The lowest BCUT2D eigenvalue weighted by molar-refractivity contribution is 0.0934. The molecule has 106 valence electrons. The van der Waals surface area contributed by atoms with E-state index >= 15 is 0 Å². The first kappa shape index (κ1) is 14.0. The van der Waals surface area contributed by atoms with Crippen molar-refractivity contribution >= 4 is 5.91 Å². The Morgan fingerprint density at radius 3 is 2.70 bits per heavy atom. The number of ether oxygens (including phenoxy) is 1. The quantitative estimate of drug-likeness (QED) is 0.902. The molecule has 0 saturated heterocycles. The molecule has 2 aromatic rings. The van der Waals surface area contributed by atoms with Crippen molar-refractivity contribution in [3.63, 3.8) is 0 Å². The summed E-state index contributed by atoms with van der Waals surface area (Å²) in [5.74, 6) is 0.558. The fourth-order valence-electron chi connectivity index (χ4n) is 1.63. The van der Waals surface area contributed by atoms with Crippen LogP contribution in [0.4, 0.5) is 0 Å². The highest BCUT2D eigenvalue weighted by Crippen LogP contribution is 2.14. The second-order valence-electron chi connectivity index (χ2n) is 4.53. The average molecular weight is 274 g/mol. The molecule has 1 aromatic heterocycles. The summed E-state index contributed by atoms with van der Waals surface area (Å²) in [4.78, 5) is 11.9. The molecule has 6 heteroatoms. The molecule has 1 heterocycles. The van der Waals surface area contributed by atoms with Gasteiger partial charge in [-0.1, -0.05) is 12.1 Å². The summed E-state index contributed by atoms with van der Waals surface area (Å²) in [6.07, 6.45) is 2.48. The van der Waals surface area contributed by atoms with E-state index in [9.17, 15) is 4.79 Å². The SMILES string of the molecule is CC[C@@H](C)NC(=O)c1cn(-c2ccc(OC)cc2)nn1. The third-order valence-corrected chi connectivity index (χ3v) is 3.05. The molecule has 0 fully saturated rings. The van der Waals surface area contributed by atoms with E-state index < -0.39 is 0 Å². The van der Waals surface area contributed by atoms with Crippen molar-refractivity contribution in [2.45, 2.75) is 26.3 Å². The van der Waals surface area contributed by atoms with Crippen LogP contribution in [0.5, 0.6) is 5.75 Å². The first-order chi connectivity index (χ1) is 9.63. The molecule has 0 bridgehead atoms. The maximum atomic E-state index is 11.9. The van der Waals surface area contributed by atoms with Gasteiger partial charge in [-0.15, -0.1) is 5.10 Å². The van der Waals surface area contributed by atoms with Gasteiger partial charge in [-0.05, 0) is 37.6 Å². The zero-order valence-electron chi connectivity index (χ0n) is 11.8. The van der Waals surface area contributed by atoms with Gasteiger partial charge in [0, 0.05) is 6.04 Å². The summed E-state index contributed by atoms with van der Waals surface area (Å²) in [5.41, 5.74) is 1.13. The lowest BCUT2D eigenvalue weighted by Gasteiger charge is -2.08. The van der Waals surface area contributed by atoms with Crippen molar-refractivity contribution in [2.75, 3.05) is 7.11 Å². The van der Waals surface area contributed by atoms with Crippen LogP contribution in [0.25, 0.3) is 5.69 Å². The fraction of sp³-hybridized carbons (Fsp3) is 0.357. The van der Waals surface area contributed by atoms with Crippen LogP contribution in [-0.2, 0) is 0 Å². The molecule has 0 aliphatic carbocycles. The Balaban J connectivity index is 2.13. The number of nitrogens with one attached hydrogen (secondary N) is 1. The number of rotatable bonds is 5. The number of carbonyl (C=O) groups excluding carboxylic acids is 1. The van der Waals surface area contributed by atoms with Crippen LogP contribution in [0.15, 0.2) is 30.5 Å². The van der Waals surface area contributed by atoms with Gasteiger partial charge < -0.3 is 10.1 Å². The van der Waals surface area contributed by atoms with Crippen molar-refractivity contribution in [2.24, 2.45) is 0 Å². The van der Waals surface area contributed by atoms with Crippen LogP contribution in [0.2, 0.25) is 0 Å². The predicted molar refractivity (Wildman–Crippen MR) is 75.1 cm³/mol. The van der Waals surface area contributed by atoms with Gasteiger partial charge in [0.25, 0.3) is 5.91 Å². The van der Waals surface area contributed by atoms with Gasteiger partial charge in [-0.2, -0.15) is 0 Å². The molecule has 20 heavy (non-hydrogen) atoms. The number of hydrogen-bond acceptors (Lipinski definition) is 4. The van der Waals surface area contributed by atoms with Crippen LogP contribution in [0.3, 0.4) is 0 Å². The molecule has 1 aromatic carbocycles. The van der Waals surface area contributed by atoms with Gasteiger partial charge in [-0.25, -0.2) is 4.68 Å². The molecule has 1 amide bonds. The third kappa shape index (κ3) is 3.14. The molecule has 0 saturated carbocycles. The summed E-state index contributed by atoms with van der Waals surface area (Å²) < 4.78 is 6.66. The van der Waals surface area contributed by atoms with E-state index in [2.05, 4.69) is 15.6 Å². The largest absolute Gasteiger partial charge is 0.497 e. The summed E-state index contributed by atoms with van der Waals surface area (Å²) in [6.45, 7) is 3.96. The molecule has 1 N–H and O–H groups in total. The zero-order valence-corrected chi connectivity index (χ0v) is 11.8. The van der Waals surface area contributed by atoms with Gasteiger partial charge in [0.05, 0.1) is 19.0 Å². The summed E-state index contributed by atoms with van der Waals surface area (Å²) in [6, 6.07) is 7.48. The Labute approximate surface area is 117 Å². The van der Waals surface area contributed by atoms with E-state index in [0.29, 0.717) is 5.69 Å². The summed E-state index contributed by atoms with van der Waals surface area (Å²) >= 11 is 0. The van der Waals surface area contributed by atoms with Gasteiger partial charge in [-0.3, -0.25) is 4.79 Å². The van der Waals surface area contributed by atoms with E-state index in [1.54, 1.807) is 18.0 Å². The van der Waals surface area contributed by atoms with Crippen molar-refractivity contribution in [1.82, 2.24) is 20.3 Å². The number of carbonyl (C=O) groups is 1. The fourth-order valence-corrected chi connectivity index (χ4v) is 1.63. The summed E-state index contributed by atoms with van der Waals surface area (Å²) in [5, 5.41) is 10.7. The molecular weight excluding hydrogens is 256 g/mol. The van der Waals surface area contributed by atoms with Crippen LogP contribution in [-0.4, -0.2) is 34.1 Å². The molecule has 0 aliphatic heterocycles. The zero-order chi connectivity index (χ0) is 14.5. The molecule has 0 unspecified atom stereocenters. The van der Waals surface area contributed by atoms with Gasteiger partial charge in [0.15, 0.2) is 5.69 Å². The minimum absolute atomic E-state index is 0.119. The summed E-state index contributed by atoms with van der Waals surface area (Å²) in [7, 11) is 1.61. The van der Waals surface area contributed by atoms with Crippen LogP contribution < -0.4 is 10.1 Å². The lowest BCUT2D eigenvalue weighted by atomic mass is 10.2. The van der Waals surface area contributed by atoms with Crippen LogP contribution in [0, 0.1) is 0 Å². The number of nitrogens with zero attached hydrogens (tertiary/aromatic N) is 3. The Bertz CT molecular complexity index is 577. The van der Waals surface area contributed by atoms with E-state index in [-0.39, 0.29) is 11.9 Å². The first-order valence-corrected chi connectivity index (χ1v) is 6.51. The second-order valence-corrected chi connectivity index (χ2v) is 4.53. The Morgan fingerprint density at radius 2 is 2.10 bits per heavy atom. The lowest BCUT2D eigenvalue weighted by Crippen LogP contribution is -2.32. The van der Waals surface area contributed by atoms with E-state index in [0.717, 1.165) is 17.9 Å². The maximum Gasteiger partial charge on any atom is 0.273 e. The van der Waals surface area contributed by atoms with Crippen molar-refractivity contribution in [3.05, 3.63) is 36.2 Å². The predicted octanol–water partition coefficient (Wildman–Crippen LogP) is 1.80. The highest BCUT2D eigenvalue weighted by molar-refractivity contribution is 5.92. The maximum absolute atomic E-state index is 11.9. The van der Waals surface area contributed by atoms with Crippen molar-refractivity contribution in [3.8, 4) is 11.4 Å². The molecule has 0 aliphatic rings. The molecule has 6 nitrogen and oxygen atoms in total. The average Bonchev–Trinajstić information content (AvgIpc) is 2.97. The molecular formula is C14H18N4O2. The van der Waals surface area contributed by atoms with Crippen LogP contribution >= 0.6 is 0 Å². The Morgan fingerprint density at radius 1 is 1.40 bits per heavy atom. The van der Waals surface area contributed by atoms with Gasteiger partial charge in [0.2, 0.25) is 0 Å². The van der Waals surface area contributed by atoms with E-state index in [1.807, 2.05) is 38.1 Å². The van der Waals surface area contributed by atoms with Crippen molar-refractivity contribution in [1.29, 1.82) is 0 Å². The molecule has 2 rings (SSSR count). The highest BCUT2D eigenvalue weighted by Gasteiger charge is 2.13. The number of amides is 1. The minimum Gasteiger partial charge on any atom is -0.497 e. The number of aromatic nitrogens is 3. The normalized spacial score (nSPS) is 11.9. The second kappa shape index (κ2) is 6.18. The number of methoxy groups -OCH3 is 1. The van der Waals surface area contributed by atoms with E-state index in [4.69, 9.17) is 4.74 Å². The molecule has 1 atom stereocenters. The first-order valence-electron chi connectivity index (χ1n) is 6.51. The molecule has 0 radical (unpaired) electrons. The monoisotopic (exact) mass is 274 g/mol. The van der Waals surface area contributed by atoms with Crippen molar-refractivity contribution < 1.29 is 9.53 Å². The highest BCUT2D eigenvalue weighted by atomic mass is 16.5. The Hall–Kier alpha value is -2.37. The van der Waals surface area contributed by atoms with E-state index in [1.165, 1.54) is 0 Å². The van der Waals surface area contributed by atoms with Gasteiger partial charge in [0.1, 0.15) is 5.75 Å². The number of hydrogen-bond donors (Lipinski definition) is 1. The topological polar surface area (TPSA) is 69.0 Å². The smallest absolute Gasteiger partial charge is 0.273 e. The standard InChI is InChI=1S/C14H18N4O2/c1-4-10(2)15-14(19)13-9-18(17-16-13)11-5-7-12(20-3)8-6-11/h5-10H,4H2,1-3H3,(H,15,19)/t10-/m1/s1. The third-order valence-electron chi connectivity index (χ3n) is 3.05. The van der Waals surface area contributed by atoms with Crippen LogP contribution in [0.1, 0.15) is 30.8 Å². The number of benzene rings is 1. The minimum atomic E-state index is -0.209. The molecule has 0 spiro atoms. The van der Waals surface area contributed by atoms with Gasteiger partial charge >= 0.3 is 0 Å². The Kier molecular flexibility index (Phi) is 4.34.